The zero-order valence-corrected chi connectivity index (χ0v) is 18.7. The van der Waals surface area contributed by atoms with Gasteiger partial charge in [0, 0.05) is 12.0 Å². The number of rotatable bonds is 13. The fourth-order valence-corrected chi connectivity index (χ4v) is 4.07. The molecular weight excluding hydrogens is 400 g/mol. The van der Waals surface area contributed by atoms with Gasteiger partial charge in [0.2, 0.25) is 0 Å². The predicted molar refractivity (Wildman–Crippen MR) is 121 cm³/mol. The monoisotopic (exact) mass is 432 g/mol. The Labute approximate surface area is 183 Å². The van der Waals surface area contributed by atoms with Crippen LogP contribution in [0.2, 0.25) is 0 Å². The lowest BCUT2D eigenvalue weighted by atomic mass is 9.90. The van der Waals surface area contributed by atoms with E-state index in [4.69, 9.17) is 4.74 Å². The Hall–Kier alpha value is -2.05. The van der Waals surface area contributed by atoms with Crippen LogP contribution in [0.3, 0.4) is 0 Å². The Kier molecular flexibility index (Phi) is 10.2. The first-order chi connectivity index (χ1) is 14.5. The molecule has 30 heavy (non-hydrogen) atoms. The summed E-state index contributed by atoms with van der Waals surface area (Å²) in [4.78, 5) is 24.4. The summed E-state index contributed by atoms with van der Waals surface area (Å²) in [5.74, 6) is 0.573. The Morgan fingerprint density at radius 2 is 1.90 bits per heavy atom. The van der Waals surface area contributed by atoms with Crippen molar-refractivity contribution in [1.29, 1.82) is 0 Å². The largest absolute Gasteiger partial charge is 0.494 e. The van der Waals surface area contributed by atoms with Gasteiger partial charge in [0.1, 0.15) is 11.4 Å². The number of Topliss-reactive ketones (excluding diaryl/α,β-unsaturated/α-hetero) is 1. The molecule has 0 saturated carbocycles. The number of unbranched alkanes of at least 4 members (excludes halogenated alkanes) is 4. The number of aliphatic hydroxyl groups is 1. The summed E-state index contributed by atoms with van der Waals surface area (Å²) < 4.78 is 10.3. The zero-order chi connectivity index (χ0) is 21.8. The number of carbonyl (C=O) groups excluding carboxylic acids is 2. The molecule has 0 spiro atoms. The standard InChI is InChI=1S/C24H32O5S/c1-28-22(25)15-9-4-3-8-14-20-23(26)21(30-2)18-24(20,27)16-10-11-17-29-19-12-6-5-7-13-19/h5-7,12-14,18,27H,3-4,8-11,15-17H2,1-2H3/b20-14-. The van der Waals surface area contributed by atoms with Gasteiger partial charge in [-0.1, -0.05) is 30.7 Å². The molecule has 164 valence electrons. The van der Waals surface area contributed by atoms with Crippen LogP contribution in [-0.4, -0.2) is 42.4 Å². The van der Waals surface area contributed by atoms with Gasteiger partial charge >= 0.3 is 5.97 Å². The minimum absolute atomic E-state index is 0.0694. The highest BCUT2D eigenvalue weighted by Crippen LogP contribution is 2.39. The fourth-order valence-electron chi connectivity index (χ4n) is 3.46. The van der Waals surface area contributed by atoms with Crippen molar-refractivity contribution in [3.8, 4) is 5.75 Å². The van der Waals surface area contributed by atoms with Crippen molar-refractivity contribution < 1.29 is 24.2 Å². The molecule has 1 aliphatic carbocycles. The van der Waals surface area contributed by atoms with E-state index in [1.165, 1.54) is 18.9 Å². The van der Waals surface area contributed by atoms with Crippen LogP contribution < -0.4 is 4.74 Å². The molecule has 1 unspecified atom stereocenters. The van der Waals surface area contributed by atoms with E-state index >= 15 is 0 Å². The van der Waals surface area contributed by atoms with Crippen LogP contribution in [0.1, 0.15) is 51.4 Å². The molecule has 1 aromatic rings. The number of benzene rings is 1. The number of para-hydroxylation sites is 1. The maximum Gasteiger partial charge on any atom is 0.305 e. The van der Waals surface area contributed by atoms with Crippen LogP contribution in [0.5, 0.6) is 5.75 Å². The summed E-state index contributed by atoms with van der Waals surface area (Å²) in [5, 5.41) is 11.2. The Balaban J connectivity index is 1.82. The molecule has 0 bridgehead atoms. The Bertz CT molecular complexity index is 756. The van der Waals surface area contributed by atoms with Crippen molar-refractivity contribution in [1.82, 2.24) is 0 Å². The highest BCUT2D eigenvalue weighted by Gasteiger charge is 2.40. The maximum absolute atomic E-state index is 12.7. The number of carbonyl (C=O) groups is 2. The second kappa shape index (κ2) is 12.6. The van der Waals surface area contributed by atoms with Crippen molar-refractivity contribution in [2.24, 2.45) is 0 Å². The van der Waals surface area contributed by atoms with Crippen LogP contribution in [0, 0.1) is 0 Å². The lowest BCUT2D eigenvalue weighted by molar-refractivity contribution is -0.140. The smallest absolute Gasteiger partial charge is 0.305 e. The molecule has 1 aromatic carbocycles. The average molecular weight is 433 g/mol. The van der Waals surface area contributed by atoms with E-state index < -0.39 is 5.60 Å². The number of ether oxygens (including phenoxy) is 2. The lowest BCUT2D eigenvalue weighted by Crippen LogP contribution is -2.28. The zero-order valence-electron chi connectivity index (χ0n) is 17.9. The normalized spacial score (nSPS) is 19.8. The molecule has 0 aliphatic heterocycles. The van der Waals surface area contributed by atoms with Crippen LogP contribution in [0.25, 0.3) is 0 Å². The van der Waals surface area contributed by atoms with Crippen molar-refractivity contribution in [3.05, 3.63) is 53.0 Å². The molecule has 0 fully saturated rings. The molecule has 0 heterocycles. The lowest BCUT2D eigenvalue weighted by Gasteiger charge is -2.22. The summed E-state index contributed by atoms with van der Waals surface area (Å²) in [6, 6.07) is 9.65. The first-order valence-corrected chi connectivity index (χ1v) is 11.7. The van der Waals surface area contributed by atoms with Gasteiger partial charge in [-0.2, -0.15) is 0 Å². The van der Waals surface area contributed by atoms with E-state index in [1.54, 1.807) is 6.08 Å². The minimum atomic E-state index is -1.20. The quantitative estimate of drug-likeness (QED) is 0.273. The molecule has 2 rings (SSSR count). The second-order valence-electron chi connectivity index (χ2n) is 7.38. The summed E-state index contributed by atoms with van der Waals surface area (Å²) in [7, 11) is 1.39. The Morgan fingerprint density at radius 1 is 1.13 bits per heavy atom. The summed E-state index contributed by atoms with van der Waals surface area (Å²) in [5.41, 5.74) is -0.711. The molecule has 0 saturated heterocycles. The van der Waals surface area contributed by atoms with Gasteiger partial charge in [-0.3, -0.25) is 9.59 Å². The number of methoxy groups -OCH3 is 1. The molecule has 1 aliphatic rings. The number of esters is 1. The highest BCUT2D eigenvalue weighted by atomic mass is 32.2. The third kappa shape index (κ3) is 7.33. The molecule has 0 radical (unpaired) electrons. The van der Waals surface area contributed by atoms with Gasteiger partial charge in [0.25, 0.3) is 0 Å². The SMILES string of the molecule is COC(=O)CCCCC/C=C1/C(=O)C(SC)=CC1(O)CCCCOc1ccccc1. The highest BCUT2D eigenvalue weighted by molar-refractivity contribution is 8.03. The third-order valence-corrected chi connectivity index (χ3v) is 5.89. The van der Waals surface area contributed by atoms with Crippen LogP contribution in [0.4, 0.5) is 0 Å². The number of hydrogen-bond acceptors (Lipinski definition) is 6. The van der Waals surface area contributed by atoms with E-state index in [9.17, 15) is 14.7 Å². The van der Waals surface area contributed by atoms with E-state index in [0.717, 1.165) is 37.9 Å². The van der Waals surface area contributed by atoms with Gasteiger partial charge in [0.15, 0.2) is 5.78 Å². The molecule has 0 amide bonds. The van der Waals surface area contributed by atoms with Gasteiger partial charge < -0.3 is 14.6 Å². The van der Waals surface area contributed by atoms with Gasteiger partial charge in [-0.15, -0.1) is 11.8 Å². The number of allylic oxidation sites excluding steroid dienone is 2. The second-order valence-corrected chi connectivity index (χ2v) is 8.23. The summed E-state index contributed by atoms with van der Waals surface area (Å²) in [6.07, 6.45) is 11.1. The maximum atomic E-state index is 12.7. The van der Waals surface area contributed by atoms with Crippen molar-refractivity contribution >= 4 is 23.5 Å². The number of ketones is 1. The summed E-state index contributed by atoms with van der Waals surface area (Å²) >= 11 is 1.38. The Morgan fingerprint density at radius 3 is 2.60 bits per heavy atom. The van der Waals surface area contributed by atoms with Gasteiger partial charge in [-0.05, 0) is 63.0 Å². The van der Waals surface area contributed by atoms with Crippen molar-refractivity contribution in [3.63, 3.8) is 0 Å². The first kappa shape index (κ1) is 24.2. The van der Waals surface area contributed by atoms with E-state index in [-0.39, 0.29) is 11.8 Å². The third-order valence-electron chi connectivity index (χ3n) is 5.15. The number of hydrogen-bond donors (Lipinski definition) is 1. The minimum Gasteiger partial charge on any atom is -0.494 e. The van der Waals surface area contributed by atoms with E-state index in [1.807, 2.05) is 42.7 Å². The van der Waals surface area contributed by atoms with Crippen LogP contribution >= 0.6 is 11.8 Å². The van der Waals surface area contributed by atoms with Crippen molar-refractivity contribution in [2.45, 2.75) is 57.0 Å². The van der Waals surface area contributed by atoms with Crippen LogP contribution in [0.15, 0.2) is 53.0 Å². The fraction of sp³-hybridized carbons (Fsp3) is 0.500. The van der Waals surface area contributed by atoms with E-state index in [2.05, 4.69) is 4.74 Å². The topological polar surface area (TPSA) is 72.8 Å². The molecule has 6 heteroatoms. The molecule has 0 aromatic heterocycles. The van der Waals surface area contributed by atoms with Gasteiger partial charge in [0.05, 0.1) is 18.6 Å². The molecular formula is C24H32O5S. The molecule has 5 nitrogen and oxygen atoms in total. The number of thioether (sulfide) groups is 1. The predicted octanol–water partition coefficient (Wildman–Crippen LogP) is 4.85. The van der Waals surface area contributed by atoms with Crippen LogP contribution in [-0.2, 0) is 14.3 Å². The van der Waals surface area contributed by atoms with Gasteiger partial charge in [-0.25, -0.2) is 0 Å². The molecule has 1 atom stereocenters. The molecule has 1 N–H and O–H groups in total. The summed E-state index contributed by atoms with van der Waals surface area (Å²) in [6.45, 7) is 0.576. The average Bonchev–Trinajstić information content (AvgIpc) is 3.00. The first-order valence-electron chi connectivity index (χ1n) is 10.5. The van der Waals surface area contributed by atoms with E-state index in [0.29, 0.717) is 36.3 Å². The van der Waals surface area contributed by atoms with Crippen molar-refractivity contribution in [2.75, 3.05) is 20.0 Å².